The van der Waals surface area contributed by atoms with Gasteiger partial charge in [-0.05, 0) is 39.9 Å². The van der Waals surface area contributed by atoms with E-state index in [0.29, 0.717) is 0 Å². The van der Waals surface area contributed by atoms with E-state index in [2.05, 4.69) is 120 Å². The minimum atomic E-state index is -0.682. The first-order valence-corrected chi connectivity index (χ1v) is 12.6. The highest BCUT2D eigenvalue weighted by Gasteiger charge is 2.40. The van der Waals surface area contributed by atoms with Crippen molar-refractivity contribution in [1.82, 2.24) is 9.55 Å². The first-order chi connectivity index (χ1) is 18.2. The van der Waals surface area contributed by atoms with Crippen molar-refractivity contribution in [1.29, 1.82) is 0 Å². The first kappa shape index (κ1) is 23.0. The highest BCUT2D eigenvalue weighted by Crippen LogP contribution is 2.45. The molecular formula is C34H28N2O. The van der Waals surface area contributed by atoms with E-state index >= 15 is 0 Å². The van der Waals surface area contributed by atoms with Crippen LogP contribution in [-0.4, -0.2) is 14.7 Å². The van der Waals surface area contributed by atoms with Crippen LogP contribution in [0.2, 0.25) is 0 Å². The number of aliphatic hydroxyl groups excluding tert-OH is 1. The third-order valence-corrected chi connectivity index (χ3v) is 7.34. The van der Waals surface area contributed by atoms with Crippen LogP contribution in [0.1, 0.15) is 27.9 Å². The van der Waals surface area contributed by atoms with E-state index < -0.39 is 5.54 Å². The number of imidazole rings is 1. The molecule has 3 nitrogen and oxygen atoms in total. The van der Waals surface area contributed by atoms with Gasteiger partial charge in [-0.25, -0.2) is 4.98 Å². The minimum Gasteiger partial charge on any atom is -0.392 e. The zero-order valence-electron chi connectivity index (χ0n) is 20.8. The quantitative estimate of drug-likeness (QED) is 0.253. The molecule has 0 aliphatic heterocycles. The molecule has 0 spiro atoms. The van der Waals surface area contributed by atoms with E-state index in [1.165, 1.54) is 0 Å². The molecule has 0 saturated carbocycles. The number of nitrogens with zero attached hydrogens (tertiary/aromatic N) is 2. The average Bonchev–Trinajstić information content (AvgIpc) is 3.35. The van der Waals surface area contributed by atoms with E-state index in [9.17, 15) is 5.11 Å². The normalized spacial score (nSPS) is 11.6. The number of aromatic nitrogens is 2. The van der Waals surface area contributed by atoms with E-state index in [4.69, 9.17) is 4.98 Å². The lowest BCUT2D eigenvalue weighted by atomic mass is 9.76. The maximum atomic E-state index is 10.6. The van der Waals surface area contributed by atoms with Gasteiger partial charge < -0.3 is 9.67 Å². The second-order valence-corrected chi connectivity index (χ2v) is 9.33. The summed E-state index contributed by atoms with van der Waals surface area (Å²) in [6, 6.07) is 44.3. The molecule has 0 amide bonds. The SMILES string of the molecule is Cc1ncn(C(c2ccccc2)(c2ccccc2)c2ccccc2)c1-c1ccc2ccccc2c1CO. The number of benzene rings is 5. The fourth-order valence-electron chi connectivity index (χ4n) is 5.70. The predicted octanol–water partition coefficient (Wildman–Crippen LogP) is 7.34. The Kier molecular flexibility index (Phi) is 5.91. The van der Waals surface area contributed by atoms with Crippen molar-refractivity contribution in [2.75, 3.05) is 0 Å². The lowest BCUT2D eigenvalue weighted by molar-refractivity contribution is 0.284. The van der Waals surface area contributed by atoms with Crippen LogP contribution in [0, 0.1) is 6.92 Å². The minimum absolute atomic E-state index is 0.0592. The number of rotatable bonds is 6. The summed E-state index contributed by atoms with van der Waals surface area (Å²) in [5.41, 5.74) is 6.53. The van der Waals surface area contributed by atoms with Crippen molar-refractivity contribution in [2.45, 2.75) is 19.1 Å². The second kappa shape index (κ2) is 9.53. The molecule has 0 atom stereocenters. The summed E-state index contributed by atoms with van der Waals surface area (Å²) in [7, 11) is 0. The monoisotopic (exact) mass is 480 g/mol. The summed E-state index contributed by atoms with van der Waals surface area (Å²) in [5.74, 6) is 0. The van der Waals surface area contributed by atoms with Gasteiger partial charge in [0.15, 0.2) is 0 Å². The summed E-state index contributed by atoms with van der Waals surface area (Å²) in [4.78, 5) is 4.87. The maximum absolute atomic E-state index is 10.6. The van der Waals surface area contributed by atoms with E-state index in [1.807, 2.05) is 25.4 Å². The van der Waals surface area contributed by atoms with Gasteiger partial charge in [0, 0.05) is 5.56 Å². The number of aliphatic hydroxyl groups is 1. The van der Waals surface area contributed by atoms with Crippen LogP contribution in [-0.2, 0) is 12.1 Å². The molecule has 5 aromatic carbocycles. The molecule has 0 unspecified atom stereocenters. The fraction of sp³-hybridized carbons (Fsp3) is 0.0882. The highest BCUT2D eigenvalue weighted by atomic mass is 16.3. The smallest absolute Gasteiger partial charge is 0.122 e. The van der Waals surface area contributed by atoms with Gasteiger partial charge in [-0.3, -0.25) is 0 Å². The molecule has 0 fully saturated rings. The topological polar surface area (TPSA) is 38.0 Å². The number of fused-ring (bicyclic) bond motifs is 1. The average molecular weight is 481 g/mol. The zero-order valence-corrected chi connectivity index (χ0v) is 20.8. The number of aryl methyl sites for hydroxylation is 1. The van der Waals surface area contributed by atoms with Crippen molar-refractivity contribution >= 4 is 10.8 Å². The van der Waals surface area contributed by atoms with Crippen LogP contribution in [0.5, 0.6) is 0 Å². The van der Waals surface area contributed by atoms with Crippen molar-refractivity contribution in [3.8, 4) is 11.3 Å². The summed E-state index contributed by atoms with van der Waals surface area (Å²) >= 11 is 0. The number of hydrogen-bond acceptors (Lipinski definition) is 2. The predicted molar refractivity (Wildman–Crippen MR) is 150 cm³/mol. The van der Waals surface area contributed by atoms with Gasteiger partial charge in [0.2, 0.25) is 0 Å². The van der Waals surface area contributed by atoms with Crippen LogP contribution in [0.3, 0.4) is 0 Å². The van der Waals surface area contributed by atoms with Crippen LogP contribution in [0.25, 0.3) is 22.0 Å². The molecule has 0 aliphatic carbocycles. The molecule has 1 heterocycles. The van der Waals surface area contributed by atoms with Gasteiger partial charge in [-0.2, -0.15) is 0 Å². The summed E-state index contributed by atoms with van der Waals surface area (Å²) in [6.45, 7) is 1.99. The third-order valence-electron chi connectivity index (χ3n) is 7.34. The fourth-order valence-corrected chi connectivity index (χ4v) is 5.70. The molecule has 3 heteroatoms. The highest BCUT2D eigenvalue weighted by molar-refractivity contribution is 5.91. The second-order valence-electron chi connectivity index (χ2n) is 9.33. The molecule has 180 valence electrons. The Bertz CT molecular complexity index is 1560. The van der Waals surface area contributed by atoms with Crippen LogP contribution in [0.15, 0.2) is 134 Å². The van der Waals surface area contributed by atoms with Gasteiger partial charge >= 0.3 is 0 Å². The summed E-state index contributed by atoms with van der Waals surface area (Å²) < 4.78 is 2.30. The van der Waals surface area contributed by atoms with Crippen LogP contribution in [0.4, 0.5) is 0 Å². The molecule has 0 bridgehead atoms. The van der Waals surface area contributed by atoms with Crippen molar-refractivity contribution in [3.63, 3.8) is 0 Å². The maximum Gasteiger partial charge on any atom is 0.122 e. The molecular weight excluding hydrogens is 452 g/mol. The van der Waals surface area contributed by atoms with Gasteiger partial charge in [0.05, 0.1) is 24.3 Å². The van der Waals surface area contributed by atoms with Crippen molar-refractivity contribution in [2.24, 2.45) is 0 Å². The lowest BCUT2D eigenvalue weighted by Gasteiger charge is -2.39. The zero-order chi connectivity index (χ0) is 25.2. The Morgan fingerprint density at radius 1 is 0.649 bits per heavy atom. The van der Waals surface area contributed by atoms with E-state index in [1.54, 1.807) is 0 Å². The Morgan fingerprint density at radius 2 is 1.16 bits per heavy atom. The lowest BCUT2D eigenvalue weighted by Crippen LogP contribution is -2.38. The molecule has 0 saturated heterocycles. The van der Waals surface area contributed by atoms with Gasteiger partial charge in [0.25, 0.3) is 0 Å². The first-order valence-electron chi connectivity index (χ1n) is 12.6. The Hall–Kier alpha value is -4.47. The Morgan fingerprint density at radius 3 is 1.70 bits per heavy atom. The summed E-state index contributed by atoms with van der Waals surface area (Å²) in [6.07, 6.45) is 1.95. The third kappa shape index (κ3) is 3.67. The van der Waals surface area contributed by atoms with Crippen LogP contribution < -0.4 is 0 Å². The van der Waals surface area contributed by atoms with Gasteiger partial charge in [0.1, 0.15) is 5.54 Å². The summed E-state index contributed by atoms with van der Waals surface area (Å²) in [5, 5.41) is 12.8. The van der Waals surface area contributed by atoms with E-state index in [-0.39, 0.29) is 6.61 Å². The molecule has 6 aromatic rings. The van der Waals surface area contributed by atoms with Crippen LogP contribution >= 0.6 is 0 Å². The van der Waals surface area contributed by atoms with Gasteiger partial charge in [-0.1, -0.05) is 127 Å². The molecule has 0 radical (unpaired) electrons. The molecule has 1 aromatic heterocycles. The van der Waals surface area contributed by atoms with Gasteiger partial charge in [-0.15, -0.1) is 0 Å². The van der Waals surface area contributed by atoms with E-state index in [0.717, 1.165) is 50.0 Å². The molecule has 6 rings (SSSR count). The Balaban J connectivity index is 1.76. The largest absolute Gasteiger partial charge is 0.392 e. The number of hydrogen-bond donors (Lipinski definition) is 1. The molecule has 1 N–H and O–H groups in total. The Labute approximate surface area is 217 Å². The molecule has 37 heavy (non-hydrogen) atoms. The molecule has 0 aliphatic rings. The van der Waals surface area contributed by atoms with Crippen molar-refractivity contribution in [3.05, 3.63) is 162 Å². The van der Waals surface area contributed by atoms with Crippen molar-refractivity contribution < 1.29 is 5.11 Å². The standard InChI is InChI=1S/C34H28N2O/c1-25-33(31-22-21-26-13-11-12-20-30(26)32(31)23-37)36(24-35-25)34(27-14-5-2-6-15-27,28-16-7-3-8-17-28)29-18-9-4-10-19-29/h2-22,24,37H,23H2,1H3.